The van der Waals surface area contributed by atoms with Crippen LogP contribution in [0.3, 0.4) is 0 Å². The van der Waals surface area contributed by atoms with Crippen LogP contribution in [0.15, 0.2) is 38.3 Å². The molecule has 0 aliphatic rings. The lowest BCUT2D eigenvalue weighted by atomic mass is 10.4. The highest BCUT2D eigenvalue weighted by Gasteiger charge is 2.19. The molecule has 34 heavy (non-hydrogen) atoms. The summed E-state index contributed by atoms with van der Waals surface area (Å²) >= 11 is 6.36. The molecule has 4 heterocycles. The number of aliphatic hydroxyl groups is 1. The van der Waals surface area contributed by atoms with Crippen molar-refractivity contribution in [3.05, 3.63) is 49.3 Å². The summed E-state index contributed by atoms with van der Waals surface area (Å²) in [6.45, 7) is 0.127. The number of H-pyrrole nitrogens is 1. The van der Waals surface area contributed by atoms with E-state index in [-0.39, 0.29) is 18.4 Å². The Hall–Kier alpha value is -3.83. The van der Waals surface area contributed by atoms with E-state index in [4.69, 9.17) is 26.2 Å². The SMILES string of the molecule is Cn1c(-c2ccc([N+](=O)[O-])o2)n[nH]c1=S.Cn1c(SCCCO)nnc1-c1ccc([N+](=O)[O-])o1. The Kier molecular flexibility index (Phi) is 7.92. The van der Waals surface area contributed by atoms with E-state index in [0.717, 1.165) is 5.75 Å². The van der Waals surface area contributed by atoms with E-state index in [1.807, 2.05) is 0 Å². The summed E-state index contributed by atoms with van der Waals surface area (Å²) in [5.41, 5.74) is 0. The second-order valence-corrected chi connectivity index (χ2v) is 7.94. The van der Waals surface area contributed by atoms with E-state index in [1.54, 1.807) is 23.2 Å². The van der Waals surface area contributed by atoms with Gasteiger partial charge >= 0.3 is 11.8 Å². The first-order valence-corrected chi connectivity index (χ1v) is 10.9. The van der Waals surface area contributed by atoms with Gasteiger partial charge in [0, 0.05) is 26.5 Å². The molecular formula is C17H18N8O7S2. The molecule has 0 spiro atoms. The highest BCUT2D eigenvalue weighted by molar-refractivity contribution is 7.99. The topological polar surface area (TPSA) is 197 Å². The van der Waals surface area contributed by atoms with Crippen molar-refractivity contribution >= 4 is 35.7 Å². The van der Waals surface area contributed by atoms with Gasteiger partial charge in [-0.1, -0.05) is 11.8 Å². The average molecular weight is 511 g/mol. The first-order valence-electron chi connectivity index (χ1n) is 9.46. The summed E-state index contributed by atoms with van der Waals surface area (Å²) in [4.78, 5) is 19.7. The monoisotopic (exact) mass is 510 g/mol. The van der Waals surface area contributed by atoms with Crippen molar-refractivity contribution in [3.63, 3.8) is 0 Å². The third-order valence-electron chi connectivity index (χ3n) is 4.23. The van der Waals surface area contributed by atoms with Crippen LogP contribution in [0.2, 0.25) is 0 Å². The summed E-state index contributed by atoms with van der Waals surface area (Å²) in [6, 6.07) is 5.52. The molecule has 17 heteroatoms. The molecule has 2 N–H and O–H groups in total. The maximum atomic E-state index is 10.6. The summed E-state index contributed by atoms with van der Waals surface area (Å²) in [7, 11) is 3.44. The van der Waals surface area contributed by atoms with Crippen LogP contribution in [0.25, 0.3) is 23.2 Å². The van der Waals surface area contributed by atoms with Gasteiger partial charge in [-0.2, -0.15) is 5.10 Å². The molecule has 0 saturated heterocycles. The molecular weight excluding hydrogens is 492 g/mol. The fourth-order valence-electron chi connectivity index (χ4n) is 2.54. The number of nitrogens with zero attached hydrogens (tertiary/aromatic N) is 7. The number of aromatic amines is 1. The van der Waals surface area contributed by atoms with Crippen LogP contribution in [-0.4, -0.2) is 56.8 Å². The first kappa shape index (κ1) is 24.8. The number of furan rings is 2. The van der Waals surface area contributed by atoms with E-state index >= 15 is 0 Å². The first-order chi connectivity index (χ1) is 16.2. The van der Waals surface area contributed by atoms with Gasteiger partial charge in [-0.15, -0.1) is 10.2 Å². The molecule has 0 aromatic carbocycles. The van der Waals surface area contributed by atoms with E-state index in [9.17, 15) is 20.2 Å². The van der Waals surface area contributed by atoms with Crippen LogP contribution in [0, 0.1) is 25.0 Å². The molecule has 0 aliphatic heterocycles. The Morgan fingerprint density at radius 2 is 1.62 bits per heavy atom. The van der Waals surface area contributed by atoms with Gasteiger partial charge in [0.2, 0.25) is 5.82 Å². The zero-order valence-electron chi connectivity index (χ0n) is 17.8. The number of rotatable bonds is 8. The summed E-state index contributed by atoms with van der Waals surface area (Å²) in [5, 5.41) is 44.7. The third kappa shape index (κ3) is 5.56. The molecule has 4 aromatic heterocycles. The van der Waals surface area contributed by atoms with Crippen molar-refractivity contribution in [1.29, 1.82) is 0 Å². The van der Waals surface area contributed by atoms with Crippen LogP contribution in [0.1, 0.15) is 6.42 Å². The number of thioether (sulfide) groups is 1. The summed E-state index contributed by atoms with van der Waals surface area (Å²) < 4.78 is 13.7. The van der Waals surface area contributed by atoms with Crippen LogP contribution >= 0.6 is 24.0 Å². The normalized spacial score (nSPS) is 10.7. The van der Waals surface area contributed by atoms with Crippen molar-refractivity contribution in [1.82, 2.24) is 29.5 Å². The Morgan fingerprint density at radius 3 is 2.09 bits per heavy atom. The van der Waals surface area contributed by atoms with Gasteiger partial charge in [-0.25, -0.2) is 0 Å². The fourth-order valence-corrected chi connectivity index (χ4v) is 3.51. The van der Waals surface area contributed by atoms with E-state index < -0.39 is 9.85 Å². The molecule has 180 valence electrons. The molecule has 0 saturated carbocycles. The van der Waals surface area contributed by atoms with Crippen LogP contribution in [-0.2, 0) is 14.1 Å². The number of hydrogen-bond donors (Lipinski definition) is 2. The zero-order valence-corrected chi connectivity index (χ0v) is 19.4. The maximum Gasteiger partial charge on any atom is 0.433 e. The summed E-state index contributed by atoms with van der Waals surface area (Å²) in [6.07, 6.45) is 0.666. The molecule has 0 radical (unpaired) electrons. The second kappa shape index (κ2) is 10.9. The minimum absolute atomic E-state index is 0.127. The Bertz CT molecular complexity index is 1350. The average Bonchev–Trinajstić information content (AvgIpc) is 3.58. The number of nitro groups is 2. The molecule has 0 atom stereocenters. The molecule has 4 rings (SSSR count). The Balaban J connectivity index is 0.000000196. The number of aromatic nitrogens is 6. The van der Waals surface area contributed by atoms with Gasteiger partial charge in [0.25, 0.3) is 0 Å². The molecule has 0 amide bonds. The highest BCUT2D eigenvalue weighted by Crippen LogP contribution is 2.27. The molecule has 4 aromatic rings. The standard InChI is InChI=1S/C10H12N4O4S.C7H6N4O3S/c1-13-9(7-3-4-8(18-7)14(16)17)11-12-10(13)19-6-2-5-15;1-10-6(8-9-7(10)15)4-2-3-5(14-4)11(12)13/h3-4,15H,2,5-6H2,1H3;2-3H,1H3,(H,9,15). The van der Waals surface area contributed by atoms with Crippen molar-refractivity contribution < 1.29 is 23.8 Å². The zero-order chi connectivity index (χ0) is 24.8. The van der Waals surface area contributed by atoms with E-state index in [0.29, 0.717) is 39.5 Å². The van der Waals surface area contributed by atoms with Gasteiger partial charge in [-0.05, 0) is 30.8 Å². The van der Waals surface area contributed by atoms with Crippen LogP contribution in [0.4, 0.5) is 11.8 Å². The van der Waals surface area contributed by atoms with Crippen molar-refractivity contribution in [2.75, 3.05) is 12.4 Å². The Morgan fingerprint density at radius 1 is 1.03 bits per heavy atom. The fraction of sp³-hybridized carbons (Fsp3) is 0.294. The number of hydrogen-bond acceptors (Lipinski definition) is 12. The van der Waals surface area contributed by atoms with Gasteiger partial charge in [0.1, 0.15) is 9.85 Å². The molecule has 0 fully saturated rings. The second-order valence-electron chi connectivity index (χ2n) is 6.49. The quantitative estimate of drug-likeness (QED) is 0.116. The maximum absolute atomic E-state index is 10.6. The van der Waals surface area contributed by atoms with E-state index in [1.165, 1.54) is 36.0 Å². The third-order valence-corrected chi connectivity index (χ3v) is 5.70. The van der Waals surface area contributed by atoms with Gasteiger partial charge < -0.3 is 23.1 Å². The Labute approximate surface area is 199 Å². The van der Waals surface area contributed by atoms with Crippen molar-refractivity contribution in [2.45, 2.75) is 11.6 Å². The van der Waals surface area contributed by atoms with Crippen molar-refractivity contribution in [2.24, 2.45) is 14.1 Å². The lowest BCUT2D eigenvalue weighted by molar-refractivity contribution is -0.402. The number of aliphatic hydroxyl groups excluding tert-OH is 1. The lowest BCUT2D eigenvalue weighted by Crippen LogP contribution is -1.95. The summed E-state index contributed by atoms with van der Waals surface area (Å²) in [5.74, 6) is 1.53. The smallest absolute Gasteiger partial charge is 0.397 e. The predicted octanol–water partition coefficient (Wildman–Crippen LogP) is 3.10. The van der Waals surface area contributed by atoms with Gasteiger partial charge in [0.15, 0.2) is 27.3 Å². The van der Waals surface area contributed by atoms with E-state index in [2.05, 4.69) is 20.4 Å². The van der Waals surface area contributed by atoms with Crippen LogP contribution in [0.5, 0.6) is 0 Å². The largest absolute Gasteiger partial charge is 0.433 e. The molecule has 15 nitrogen and oxygen atoms in total. The number of nitrogens with one attached hydrogen (secondary N) is 1. The minimum Gasteiger partial charge on any atom is -0.397 e. The predicted molar refractivity (Wildman–Crippen MR) is 121 cm³/mol. The minimum atomic E-state index is -0.606. The molecule has 0 unspecified atom stereocenters. The lowest BCUT2D eigenvalue weighted by Gasteiger charge is -2.00. The molecule has 0 bridgehead atoms. The van der Waals surface area contributed by atoms with Gasteiger partial charge in [-0.3, -0.25) is 25.3 Å². The highest BCUT2D eigenvalue weighted by atomic mass is 32.2. The van der Waals surface area contributed by atoms with Gasteiger partial charge in [0.05, 0.1) is 12.1 Å². The molecule has 0 aliphatic carbocycles. The van der Waals surface area contributed by atoms with Crippen molar-refractivity contribution in [3.8, 4) is 23.2 Å². The van der Waals surface area contributed by atoms with Crippen LogP contribution < -0.4 is 0 Å².